The molecule has 0 saturated heterocycles. The lowest BCUT2D eigenvalue weighted by atomic mass is 10.1. The fraction of sp³-hybridized carbons (Fsp3) is 0.333. The quantitative estimate of drug-likeness (QED) is 0.354. The SMILES string of the molecule is O=[N+]([O-])c1ccc(CCC[Si](Cl)(Cl)Cl)cc1. The van der Waals surface area contributed by atoms with Crippen LogP contribution in [0.15, 0.2) is 24.3 Å². The predicted molar refractivity (Wildman–Crippen MR) is 69.5 cm³/mol. The molecule has 1 aromatic rings. The molecule has 0 atom stereocenters. The van der Waals surface area contributed by atoms with E-state index in [0.29, 0.717) is 6.04 Å². The van der Waals surface area contributed by atoms with Gasteiger partial charge in [0.05, 0.1) is 4.92 Å². The highest BCUT2D eigenvalue weighted by molar-refractivity contribution is 7.64. The lowest BCUT2D eigenvalue weighted by Gasteiger charge is -2.06. The van der Waals surface area contributed by atoms with Crippen LogP contribution in [0.2, 0.25) is 6.04 Å². The zero-order chi connectivity index (χ0) is 12.2. The fourth-order valence-electron chi connectivity index (χ4n) is 1.28. The molecular formula is C9H10Cl3NO2Si. The molecule has 88 valence electrons. The molecule has 0 amide bonds. The van der Waals surface area contributed by atoms with Crippen molar-refractivity contribution in [2.24, 2.45) is 0 Å². The molecule has 1 rings (SSSR count). The van der Waals surface area contributed by atoms with Gasteiger partial charge in [0.25, 0.3) is 5.69 Å². The Hall–Kier alpha value is -0.293. The Morgan fingerprint density at radius 3 is 2.19 bits per heavy atom. The number of halogens is 3. The van der Waals surface area contributed by atoms with Gasteiger partial charge in [-0.15, -0.1) is 33.2 Å². The van der Waals surface area contributed by atoms with E-state index < -0.39 is 10.9 Å². The first kappa shape index (κ1) is 13.8. The van der Waals surface area contributed by atoms with E-state index in [0.717, 1.165) is 18.4 Å². The minimum Gasteiger partial charge on any atom is -0.258 e. The third-order valence-corrected chi connectivity index (χ3v) is 4.69. The Morgan fingerprint density at radius 2 is 1.75 bits per heavy atom. The van der Waals surface area contributed by atoms with Crippen molar-refractivity contribution >= 4 is 44.9 Å². The Labute approximate surface area is 109 Å². The van der Waals surface area contributed by atoms with Crippen LogP contribution in [-0.2, 0) is 6.42 Å². The number of hydrogen-bond donors (Lipinski definition) is 0. The first-order chi connectivity index (χ1) is 7.38. The number of rotatable bonds is 5. The Balaban J connectivity index is 2.47. The summed E-state index contributed by atoms with van der Waals surface area (Å²) in [7, 11) is 0. The minimum atomic E-state index is -2.53. The normalized spacial score (nSPS) is 11.4. The molecule has 0 N–H and O–H groups in total. The van der Waals surface area contributed by atoms with Gasteiger partial charge in [-0.2, -0.15) is 0 Å². The highest BCUT2D eigenvalue weighted by Gasteiger charge is 2.23. The van der Waals surface area contributed by atoms with Gasteiger partial charge < -0.3 is 0 Å². The highest BCUT2D eigenvalue weighted by atomic mass is 35.8. The third-order valence-electron chi connectivity index (χ3n) is 2.07. The summed E-state index contributed by atoms with van der Waals surface area (Å²) in [6, 6.07) is 4.52. The van der Waals surface area contributed by atoms with E-state index >= 15 is 0 Å². The van der Waals surface area contributed by atoms with E-state index in [9.17, 15) is 10.1 Å². The molecule has 1 aromatic carbocycles. The first-order valence-electron chi connectivity index (χ1n) is 4.68. The second-order valence-corrected chi connectivity index (χ2v) is 12.7. The number of hydrogen-bond acceptors (Lipinski definition) is 2. The summed E-state index contributed by atoms with van der Waals surface area (Å²) in [5.74, 6) is 0. The van der Waals surface area contributed by atoms with Crippen molar-refractivity contribution in [3.8, 4) is 0 Å². The van der Waals surface area contributed by atoms with E-state index in [2.05, 4.69) is 0 Å². The molecule has 0 saturated carbocycles. The average molecular weight is 299 g/mol. The molecule has 0 radical (unpaired) electrons. The van der Waals surface area contributed by atoms with Gasteiger partial charge in [-0.3, -0.25) is 10.1 Å². The number of benzene rings is 1. The average Bonchev–Trinajstić information content (AvgIpc) is 2.16. The lowest BCUT2D eigenvalue weighted by Crippen LogP contribution is -2.08. The summed E-state index contributed by atoms with van der Waals surface area (Å²) in [5, 5.41) is 10.4. The maximum absolute atomic E-state index is 10.4. The summed E-state index contributed by atoms with van der Waals surface area (Å²) in [5.41, 5.74) is 1.12. The maximum Gasteiger partial charge on any atom is 0.341 e. The van der Waals surface area contributed by atoms with Crippen LogP contribution in [0, 0.1) is 10.1 Å². The van der Waals surface area contributed by atoms with Crippen LogP contribution < -0.4 is 0 Å². The van der Waals surface area contributed by atoms with Crippen molar-refractivity contribution in [3.05, 3.63) is 39.9 Å². The Bertz CT molecular complexity index is 364. The molecule has 0 bridgehead atoms. The molecule has 0 aromatic heterocycles. The van der Waals surface area contributed by atoms with Gasteiger partial charge in [-0.1, -0.05) is 12.1 Å². The molecule has 7 heteroatoms. The number of nitrogens with zero attached hydrogens (tertiary/aromatic N) is 1. The van der Waals surface area contributed by atoms with E-state index in [-0.39, 0.29) is 5.69 Å². The molecule has 0 aliphatic heterocycles. The maximum atomic E-state index is 10.4. The smallest absolute Gasteiger partial charge is 0.258 e. The van der Waals surface area contributed by atoms with E-state index in [4.69, 9.17) is 33.2 Å². The summed E-state index contributed by atoms with van der Waals surface area (Å²) in [6.45, 7) is 0. The van der Waals surface area contributed by atoms with Crippen LogP contribution in [0.4, 0.5) is 5.69 Å². The van der Waals surface area contributed by atoms with E-state index in [1.54, 1.807) is 12.1 Å². The van der Waals surface area contributed by atoms with Gasteiger partial charge in [0, 0.05) is 12.1 Å². The number of nitro benzene ring substituents is 1. The zero-order valence-corrected chi connectivity index (χ0v) is 11.6. The van der Waals surface area contributed by atoms with Crippen LogP contribution in [0.25, 0.3) is 0 Å². The number of nitro groups is 1. The molecule has 0 aliphatic rings. The topological polar surface area (TPSA) is 43.1 Å². The van der Waals surface area contributed by atoms with Gasteiger partial charge in [-0.25, -0.2) is 0 Å². The van der Waals surface area contributed by atoms with Crippen LogP contribution in [-0.4, -0.2) is 10.9 Å². The second kappa shape index (κ2) is 5.86. The first-order valence-corrected chi connectivity index (χ1v) is 9.93. The van der Waals surface area contributed by atoms with Crippen molar-refractivity contribution in [3.63, 3.8) is 0 Å². The molecule has 0 unspecified atom stereocenters. The Kier molecular flexibility index (Phi) is 5.05. The van der Waals surface area contributed by atoms with Gasteiger partial charge >= 0.3 is 6.00 Å². The molecule has 0 heterocycles. The van der Waals surface area contributed by atoms with Crippen molar-refractivity contribution in [2.75, 3.05) is 0 Å². The standard InChI is InChI=1S/C9H10Cl3NO2Si/c10-16(11,12)7-1-2-8-3-5-9(6-4-8)13(14)15/h3-6H,1-2,7H2. The third kappa shape index (κ3) is 5.16. The fourth-order valence-corrected chi connectivity index (χ4v) is 3.06. The minimum absolute atomic E-state index is 0.0968. The summed E-state index contributed by atoms with van der Waals surface area (Å²) < 4.78 is 0. The molecule has 0 fully saturated rings. The van der Waals surface area contributed by atoms with Crippen LogP contribution in [0.5, 0.6) is 0 Å². The summed E-state index contributed by atoms with van der Waals surface area (Å²) >= 11 is 17.2. The van der Waals surface area contributed by atoms with Crippen LogP contribution in [0.3, 0.4) is 0 Å². The van der Waals surface area contributed by atoms with Crippen molar-refractivity contribution in [2.45, 2.75) is 18.9 Å². The molecule has 0 spiro atoms. The van der Waals surface area contributed by atoms with Crippen molar-refractivity contribution in [1.82, 2.24) is 0 Å². The summed E-state index contributed by atoms with van der Waals surface area (Å²) in [6.07, 6.45) is 1.57. The predicted octanol–water partition coefficient (Wildman–Crippen LogP) is 4.18. The molecule has 0 aliphatic carbocycles. The highest BCUT2D eigenvalue weighted by Crippen LogP contribution is 2.27. The van der Waals surface area contributed by atoms with Crippen molar-refractivity contribution in [1.29, 1.82) is 0 Å². The van der Waals surface area contributed by atoms with Gasteiger partial charge in [-0.05, 0) is 24.4 Å². The number of aryl methyl sites for hydroxylation is 1. The monoisotopic (exact) mass is 297 g/mol. The van der Waals surface area contributed by atoms with Crippen molar-refractivity contribution < 1.29 is 4.92 Å². The molecule has 16 heavy (non-hydrogen) atoms. The second-order valence-electron chi connectivity index (χ2n) is 3.39. The van der Waals surface area contributed by atoms with Crippen LogP contribution >= 0.6 is 33.2 Å². The molecular weight excluding hydrogens is 289 g/mol. The van der Waals surface area contributed by atoms with E-state index in [1.807, 2.05) is 0 Å². The largest absolute Gasteiger partial charge is 0.341 e. The Morgan fingerprint density at radius 1 is 1.19 bits per heavy atom. The number of non-ortho nitro benzene ring substituents is 1. The zero-order valence-electron chi connectivity index (χ0n) is 8.33. The van der Waals surface area contributed by atoms with Gasteiger partial charge in [0.15, 0.2) is 0 Å². The van der Waals surface area contributed by atoms with Gasteiger partial charge in [0.1, 0.15) is 0 Å². The van der Waals surface area contributed by atoms with Gasteiger partial charge in [0.2, 0.25) is 0 Å². The van der Waals surface area contributed by atoms with Crippen LogP contribution in [0.1, 0.15) is 12.0 Å². The van der Waals surface area contributed by atoms with E-state index in [1.165, 1.54) is 12.1 Å². The summed E-state index contributed by atoms with van der Waals surface area (Å²) in [4.78, 5) is 10.00. The lowest BCUT2D eigenvalue weighted by molar-refractivity contribution is -0.384. The molecule has 3 nitrogen and oxygen atoms in total.